The predicted octanol–water partition coefficient (Wildman–Crippen LogP) is 3.29. The lowest BCUT2D eigenvalue weighted by Crippen LogP contribution is -2.57. The number of fused-ring (bicyclic) bond motifs is 1. The van der Waals surface area contributed by atoms with E-state index in [1.807, 2.05) is 24.3 Å². The topological polar surface area (TPSA) is 91.8 Å². The zero-order chi connectivity index (χ0) is 24.8. The molecule has 4 heterocycles. The molecule has 0 bridgehead atoms. The van der Waals surface area contributed by atoms with Gasteiger partial charge in [0.2, 0.25) is 11.8 Å². The molecule has 0 unspecified atom stereocenters. The van der Waals surface area contributed by atoms with Crippen LogP contribution in [0, 0.1) is 0 Å². The number of benzene rings is 1. The third-order valence-electron chi connectivity index (χ3n) is 8.07. The number of aromatic nitrogens is 1. The maximum Gasteiger partial charge on any atom is 0.255 e. The van der Waals surface area contributed by atoms with Gasteiger partial charge in [0.25, 0.3) is 5.91 Å². The molecule has 3 aliphatic heterocycles. The van der Waals surface area contributed by atoms with Crippen LogP contribution in [0.25, 0.3) is 0 Å². The van der Waals surface area contributed by atoms with Crippen LogP contribution in [0.4, 0.5) is 0 Å². The van der Waals surface area contributed by atoms with E-state index >= 15 is 0 Å². The van der Waals surface area contributed by atoms with Gasteiger partial charge in [-0.15, -0.1) is 0 Å². The molecule has 2 aromatic rings. The Morgan fingerprint density at radius 2 is 1.89 bits per heavy atom. The van der Waals surface area contributed by atoms with Crippen LogP contribution in [0.1, 0.15) is 65.9 Å². The van der Waals surface area contributed by atoms with E-state index in [2.05, 4.69) is 15.2 Å². The standard InChI is InChI=1S/C27H29ClN4O4/c28-21-12-29-10-9-19(21)17-13-31(14-17)22-3-1-2-4-24(22)36-18-5-6-20-16(11-18)15-32(27(20)35)23-7-8-25(33)30-26(23)34/h5-6,9-12,17,22-24H,1-4,7-8,13-15H2,(H,30,33,34)/t22-,23-,24+/m0/s1. The number of rotatable bonds is 5. The third-order valence-corrected chi connectivity index (χ3v) is 8.39. The number of imide groups is 1. The molecule has 36 heavy (non-hydrogen) atoms. The van der Waals surface area contributed by atoms with E-state index in [-0.39, 0.29) is 24.3 Å². The zero-order valence-electron chi connectivity index (χ0n) is 20.0. The van der Waals surface area contributed by atoms with Crippen LogP contribution in [0.2, 0.25) is 5.02 Å². The number of amides is 3. The van der Waals surface area contributed by atoms with Gasteiger partial charge in [0.1, 0.15) is 17.9 Å². The fourth-order valence-corrected chi connectivity index (χ4v) is 6.40. The van der Waals surface area contributed by atoms with Crippen LogP contribution in [0.3, 0.4) is 0 Å². The third kappa shape index (κ3) is 4.26. The highest BCUT2D eigenvalue weighted by Crippen LogP contribution is 2.38. The molecule has 0 spiro atoms. The molecule has 2 saturated heterocycles. The molecule has 1 aromatic heterocycles. The number of halogens is 1. The fourth-order valence-electron chi connectivity index (χ4n) is 6.13. The van der Waals surface area contributed by atoms with Gasteiger partial charge in [-0.25, -0.2) is 0 Å². The molecule has 3 atom stereocenters. The lowest BCUT2D eigenvalue weighted by Gasteiger charge is -2.48. The van der Waals surface area contributed by atoms with Crippen LogP contribution >= 0.6 is 11.6 Å². The van der Waals surface area contributed by atoms with Crippen LogP contribution in [-0.2, 0) is 16.1 Å². The normalized spacial score (nSPS) is 27.0. The molecule has 3 amide bonds. The number of hydrogen-bond donors (Lipinski definition) is 1. The van der Waals surface area contributed by atoms with E-state index in [1.54, 1.807) is 17.3 Å². The first kappa shape index (κ1) is 23.4. The number of carbonyl (C=O) groups excluding carboxylic acids is 3. The molecule has 6 rings (SSSR count). The number of nitrogens with one attached hydrogen (secondary N) is 1. The molecule has 8 nitrogen and oxygen atoms in total. The van der Waals surface area contributed by atoms with E-state index in [1.165, 1.54) is 12.0 Å². The predicted molar refractivity (Wildman–Crippen MR) is 133 cm³/mol. The highest BCUT2D eigenvalue weighted by Gasteiger charge is 2.41. The summed E-state index contributed by atoms with van der Waals surface area (Å²) in [5.41, 5.74) is 2.64. The van der Waals surface area contributed by atoms with Gasteiger partial charge >= 0.3 is 0 Å². The van der Waals surface area contributed by atoms with Crippen LogP contribution in [0.5, 0.6) is 5.75 Å². The van der Waals surface area contributed by atoms with Crippen LogP contribution < -0.4 is 10.1 Å². The fraction of sp³-hybridized carbons (Fsp3) is 0.481. The molecule has 188 valence electrons. The Balaban J connectivity index is 1.12. The van der Waals surface area contributed by atoms with Crippen LogP contribution in [-0.4, -0.2) is 63.8 Å². The van der Waals surface area contributed by atoms with Gasteiger partial charge in [0.15, 0.2) is 0 Å². The van der Waals surface area contributed by atoms with Crippen molar-refractivity contribution in [3.63, 3.8) is 0 Å². The molecule has 4 aliphatic rings. The number of pyridine rings is 1. The lowest BCUT2D eigenvalue weighted by molar-refractivity contribution is -0.136. The summed E-state index contributed by atoms with van der Waals surface area (Å²) in [7, 11) is 0. The second-order valence-electron chi connectivity index (χ2n) is 10.3. The highest BCUT2D eigenvalue weighted by atomic mass is 35.5. The maximum atomic E-state index is 13.0. The number of hydrogen-bond acceptors (Lipinski definition) is 6. The molecule has 1 saturated carbocycles. The summed E-state index contributed by atoms with van der Waals surface area (Å²) in [6, 6.07) is 7.38. The first-order valence-electron chi connectivity index (χ1n) is 12.8. The summed E-state index contributed by atoms with van der Waals surface area (Å²) in [4.78, 5) is 45.0. The maximum absolute atomic E-state index is 13.0. The molecular weight excluding hydrogens is 480 g/mol. The summed E-state index contributed by atoms with van der Waals surface area (Å²) in [5, 5.41) is 3.08. The quantitative estimate of drug-likeness (QED) is 0.623. The van der Waals surface area contributed by atoms with E-state index in [0.717, 1.165) is 48.7 Å². The molecule has 3 fully saturated rings. The van der Waals surface area contributed by atoms with E-state index in [9.17, 15) is 14.4 Å². The lowest BCUT2D eigenvalue weighted by atomic mass is 9.84. The van der Waals surface area contributed by atoms with Gasteiger partial charge in [-0.3, -0.25) is 29.6 Å². The van der Waals surface area contributed by atoms with Gasteiger partial charge in [-0.1, -0.05) is 18.0 Å². The van der Waals surface area contributed by atoms with E-state index in [4.69, 9.17) is 16.3 Å². The summed E-state index contributed by atoms with van der Waals surface area (Å²) in [5.74, 6) is 0.346. The smallest absolute Gasteiger partial charge is 0.255 e. The van der Waals surface area contributed by atoms with Crippen molar-refractivity contribution in [2.75, 3.05) is 13.1 Å². The van der Waals surface area contributed by atoms with Crippen molar-refractivity contribution in [3.8, 4) is 5.75 Å². The van der Waals surface area contributed by atoms with Gasteiger partial charge in [-0.2, -0.15) is 0 Å². The van der Waals surface area contributed by atoms with Crippen molar-refractivity contribution in [2.24, 2.45) is 0 Å². The SMILES string of the molecule is O=C1CC[C@H](N2Cc3cc(O[C@@H]4CCCC[C@@H]4N4CC(c5ccncc5Cl)C4)ccc3C2=O)C(=O)N1. The zero-order valence-corrected chi connectivity index (χ0v) is 20.7. The Kier molecular flexibility index (Phi) is 6.17. The highest BCUT2D eigenvalue weighted by molar-refractivity contribution is 6.31. The first-order chi connectivity index (χ1) is 17.5. The van der Waals surface area contributed by atoms with E-state index < -0.39 is 11.9 Å². The number of likely N-dealkylation sites (tertiary alicyclic amines) is 1. The van der Waals surface area contributed by atoms with Gasteiger partial charge in [-0.05, 0) is 61.1 Å². The molecule has 1 aromatic carbocycles. The first-order valence-corrected chi connectivity index (χ1v) is 13.1. The van der Waals surface area contributed by atoms with Crippen LogP contribution in [0.15, 0.2) is 36.7 Å². The summed E-state index contributed by atoms with van der Waals surface area (Å²) in [6.07, 6.45) is 8.66. The minimum Gasteiger partial charge on any atom is -0.489 e. The Labute approximate surface area is 214 Å². The summed E-state index contributed by atoms with van der Waals surface area (Å²) >= 11 is 6.36. The number of piperidine rings is 1. The van der Waals surface area contributed by atoms with Crippen molar-refractivity contribution < 1.29 is 19.1 Å². The molecule has 1 aliphatic carbocycles. The van der Waals surface area contributed by atoms with Gasteiger partial charge < -0.3 is 9.64 Å². The minimum absolute atomic E-state index is 0.0917. The Hall–Kier alpha value is -2.97. The summed E-state index contributed by atoms with van der Waals surface area (Å²) < 4.78 is 6.53. The monoisotopic (exact) mass is 508 g/mol. The van der Waals surface area contributed by atoms with Crippen molar-refractivity contribution in [1.29, 1.82) is 0 Å². The number of ether oxygens (including phenoxy) is 1. The summed E-state index contributed by atoms with van der Waals surface area (Å²) in [6.45, 7) is 2.29. The number of carbonyl (C=O) groups is 3. The van der Waals surface area contributed by atoms with E-state index in [0.29, 0.717) is 30.5 Å². The molecule has 1 N–H and O–H groups in total. The van der Waals surface area contributed by atoms with Gasteiger partial charge in [0, 0.05) is 56.0 Å². The average Bonchev–Trinajstić information content (AvgIpc) is 3.16. The van der Waals surface area contributed by atoms with Crippen molar-refractivity contribution in [2.45, 2.75) is 69.2 Å². The number of nitrogens with zero attached hydrogens (tertiary/aromatic N) is 3. The Morgan fingerprint density at radius 1 is 1.06 bits per heavy atom. The average molecular weight is 509 g/mol. The second-order valence-corrected chi connectivity index (χ2v) is 10.7. The van der Waals surface area contributed by atoms with Crippen molar-refractivity contribution in [3.05, 3.63) is 58.4 Å². The molecule has 9 heteroatoms. The van der Waals surface area contributed by atoms with Crippen molar-refractivity contribution in [1.82, 2.24) is 20.1 Å². The largest absolute Gasteiger partial charge is 0.489 e. The Morgan fingerprint density at radius 3 is 2.69 bits per heavy atom. The van der Waals surface area contributed by atoms with Gasteiger partial charge in [0.05, 0.1) is 5.02 Å². The Bertz CT molecular complexity index is 1210. The second kappa shape index (κ2) is 9.48. The minimum atomic E-state index is -0.608. The van der Waals surface area contributed by atoms with Crippen molar-refractivity contribution >= 4 is 29.3 Å². The molecular formula is C27H29ClN4O4. The molecule has 0 radical (unpaired) electrons.